The van der Waals surface area contributed by atoms with E-state index in [1.807, 2.05) is 89.6 Å². The van der Waals surface area contributed by atoms with E-state index in [4.69, 9.17) is 10.5 Å². The minimum absolute atomic E-state index is 0.0396. The molecule has 1 unspecified atom stereocenters. The molecule has 13 heteroatoms. The van der Waals surface area contributed by atoms with Crippen molar-refractivity contribution in [1.29, 1.82) is 0 Å². The van der Waals surface area contributed by atoms with Crippen LogP contribution in [-0.4, -0.2) is 73.8 Å². The third-order valence-electron chi connectivity index (χ3n) is 9.66. The van der Waals surface area contributed by atoms with Crippen LogP contribution in [0.25, 0.3) is 16.0 Å². The monoisotopic (exact) mass is 702 g/mol. The van der Waals surface area contributed by atoms with Gasteiger partial charge in [0.15, 0.2) is 5.82 Å². The number of β-amino-alcohol motifs (C(OH)–C–C–N with tert-alkyl or cyclic N) is 1. The van der Waals surface area contributed by atoms with Gasteiger partial charge in [-0.2, -0.15) is 0 Å². The zero-order valence-corrected chi connectivity index (χ0v) is 28.7. The van der Waals surface area contributed by atoms with Crippen LogP contribution in [0.5, 0.6) is 5.75 Å². The van der Waals surface area contributed by atoms with Gasteiger partial charge in [0.05, 0.1) is 41.2 Å². The summed E-state index contributed by atoms with van der Waals surface area (Å²) in [5, 5.41) is 15.1. The number of ether oxygens (including phenoxy) is 1. The van der Waals surface area contributed by atoms with E-state index in [2.05, 4.69) is 25.1 Å². The van der Waals surface area contributed by atoms with Gasteiger partial charge in [0, 0.05) is 43.8 Å². The van der Waals surface area contributed by atoms with Gasteiger partial charge in [0.25, 0.3) is 11.5 Å². The predicted molar refractivity (Wildman–Crippen MR) is 198 cm³/mol. The van der Waals surface area contributed by atoms with Crippen molar-refractivity contribution in [2.75, 3.05) is 43.4 Å². The number of fused-ring (bicyclic) bond motifs is 2. The number of nitrogens with two attached hydrogens (primary N) is 1. The molecule has 51 heavy (non-hydrogen) atoms. The topological polar surface area (TPSA) is 144 Å². The lowest BCUT2D eigenvalue weighted by atomic mass is 9.91. The Morgan fingerprint density at radius 3 is 2.49 bits per heavy atom. The van der Waals surface area contributed by atoms with Crippen molar-refractivity contribution in [2.45, 2.75) is 31.0 Å². The third kappa shape index (κ3) is 6.58. The maximum atomic E-state index is 13.6. The highest BCUT2D eigenvalue weighted by Crippen LogP contribution is 2.38. The molecule has 0 bridgehead atoms. The summed E-state index contributed by atoms with van der Waals surface area (Å²) in [6.07, 6.45) is 6.75. The number of imidazole rings is 1. The number of amides is 1. The number of carbonyl (C=O) groups excluding carboxylic acids is 1. The summed E-state index contributed by atoms with van der Waals surface area (Å²) in [5.41, 5.74) is 8.41. The molecule has 1 fully saturated rings. The summed E-state index contributed by atoms with van der Waals surface area (Å²) in [5.74, 6) is 0.365. The Kier molecular flexibility index (Phi) is 8.76. The zero-order valence-electron chi connectivity index (χ0n) is 27.9. The van der Waals surface area contributed by atoms with E-state index in [1.54, 1.807) is 18.6 Å². The van der Waals surface area contributed by atoms with Crippen molar-refractivity contribution in [3.8, 4) is 11.4 Å². The van der Waals surface area contributed by atoms with Gasteiger partial charge in [-0.15, -0.1) is 11.3 Å². The summed E-state index contributed by atoms with van der Waals surface area (Å²) in [4.78, 5) is 41.0. The predicted octanol–water partition coefficient (Wildman–Crippen LogP) is 4.54. The molecule has 3 aromatic heterocycles. The van der Waals surface area contributed by atoms with Gasteiger partial charge in [-0.3, -0.25) is 19.1 Å². The van der Waals surface area contributed by atoms with E-state index >= 15 is 0 Å². The maximum absolute atomic E-state index is 13.6. The lowest BCUT2D eigenvalue weighted by Crippen LogP contribution is -2.50. The number of anilines is 3. The van der Waals surface area contributed by atoms with Crippen molar-refractivity contribution >= 4 is 44.8 Å². The summed E-state index contributed by atoms with van der Waals surface area (Å²) in [6.45, 7) is 3.47. The number of hydrogen-bond acceptors (Lipinski definition) is 10. The van der Waals surface area contributed by atoms with E-state index in [-0.39, 0.29) is 17.8 Å². The van der Waals surface area contributed by atoms with E-state index in [0.717, 1.165) is 48.6 Å². The Labute approximate surface area is 298 Å². The third-order valence-corrected chi connectivity index (χ3v) is 10.7. The van der Waals surface area contributed by atoms with Gasteiger partial charge in [0.2, 0.25) is 0 Å². The number of thiophene rings is 1. The van der Waals surface area contributed by atoms with Crippen molar-refractivity contribution in [3.63, 3.8) is 0 Å². The molecule has 0 saturated carbocycles. The van der Waals surface area contributed by atoms with Gasteiger partial charge in [-0.05, 0) is 54.8 Å². The molecule has 1 saturated heterocycles. The van der Waals surface area contributed by atoms with Gasteiger partial charge < -0.3 is 30.4 Å². The van der Waals surface area contributed by atoms with Crippen LogP contribution < -0.4 is 26.2 Å². The van der Waals surface area contributed by atoms with E-state index in [0.29, 0.717) is 47.2 Å². The highest BCUT2D eigenvalue weighted by molar-refractivity contribution is 7.20. The molecule has 2 aliphatic rings. The number of benzene rings is 3. The number of nitrogens with one attached hydrogen (secondary N) is 1. The van der Waals surface area contributed by atoms with Crippen LogP contribution >= 0.6 is 11.3 Å². The van der Waals surface area contributed by atoms with Crippen LogP contribution in [-0.2, 0) is 12.1 Å². The molecule has 0 radical (unpaired) electrons. The number of likely N-dealkylation sites (tertiary alicyclic amines) is 1. The number of nitrogen functional groups attached to an aromatic ring is 1. The van der Waals surface area contributed by atoms with Crippen molar-refractivity contribution in [2.24, 2.45) is 0 Å². The van der Waals surface area contributed by atoms with Crippen LogP contribution in [0.1, 0.15) is 28.1 Å². The standard InChI is InChI=1S/C38H38N8O4S/c39-34-37(48)46(29-11-12-32-30(21-29)45(19-20-50-32)28-9-5-2-6-10-28)31-22-33(51-36(31)42-34)35(47)41-27-13-16-43(17-14-27)23-38(49,24-44-18-15-40-25-44)26-7-3-1-4-8-26/h1-12,15,18,21-22,25,27,49H,13-14,16-17,19-20,23-24H2,(H2,39,42)(H,41,47). The minimum Gasteiger partial charge on any atom is -0.490 e. The Balaban J connectivity index is 0.991. The second-order valence-electron chi connectivity index (χ2n) is 13.1. The summed E-state index contributed by atoms with van der Waals surface area (Å²) >= 11 is 1.21. The number of rotatable bonds is 9. The molecular formula is C38H38N8O4S. The average molecular weight is 703 g/mol. The van der Waals surface area contributed by atoms with Crippen molar-refractivity contribution in [1.82, 2.24) is 29.3 Å². The molecule has 1 atom stereocenters. The molecule has 3 aromatic carbocycles. The summed E-state index contributed by atoms with van der Waals surface area (Å²) in [6, 6.07) is 27.0. The second-order valence-corrected chi connectivity index (χ2v) is 14.1. The van der Waals surface area contributed by atoms with Gasteiger partial charge in [-0.25, -0.2) is 9.97 Å². The highest BCUT2D eigenvalue weighted by Gasteiger charge is 2.34. The molecule has 2 aliphatic heterocycles. The first-order chi connectivity index (χ1) is 24.8. The number of para-hydroxylation sites is 1. The fourth-order valence-corrected chi connectivity index (χ4v) is 8.04. The van der Waals surface area contributed by atoms with Crippen LogP contribution in [0.3, 0.4) is 0 Å². The maximum Gasteiger partial charge on any atom is 0.298 e. The average Bonchev–Trinajstić information content (AvgIpc) is 3.83. The fraction of sp³-hybridized carbons (Fsp3) is 0.263. The molecule has 1 amide bonds. The van der Waals surface area contributed by atoms with Gasteiger partial charge >= 0.3 is 0 Å². The van der Waals surface area contributed by atoms with E-state index < -0.39 is 11.2 Å². The number of piperidine rings is 1. The Morgan fingerprint density at radius 2 is 1.75 bits per heavy atom. The SMILES string of the molecule is Nc1nc2sc(C(=O)NC3CCN(CC(O)(Cn4ccnc4)c4ccccc4)CC3)cc2n(-c2ccc3c(c2)N(c2ccccc2)CCO3)c1=O. The first-order valence-corrected chi connectivity index (χ1v) is 17.8. The Hall–Kier alpha value is -5.50. The zero-order chi connectivity index (χ0) is 35.0. The van der Waals surface area contributed by atoms with E-state index in [9.17, 15) is 14.7 Å². The minimum atomic E-state index is -1.11. The molecule has 12 nitrogen and oxygen atoms in total. The number of hydrogen-bond donors (Lipinski definition) is 3. The number of aromatic nitrogens is 4. The number of aliphatic hydroxyl groups is 1. The van der Waals surface area contributed by atoms with Gasteiger partial charge in [0.1, 0.15) is 22.8 Å². The molecule has 6 aromatic rings. The van der Waals surface area contributed by atoms with Gasteiger partial charge in [-0.1, -0.05) is 48.5 Å². The number of carbonyl (C=O) groups is 1. The molecule has 5 heterocycles. The number of nitrogens with zero attached hydrogens (tertiary/aromatic N) is 6. The first kappa shape index (κ1) is 32.7. The quantitative estimate of drug-likeness (QED) is 0.198. The summed E-state index contributed by atoms with van der Waals surface area (Å²) in [7, 11) is 0. The van der Waals surface area contributed by atoms with Crippen LogP contribution in [0.4, 0.5) is 17.2 Å². The first-order valence-electron chi connectivity index (χ1n) is 17.0. The smallest absolute Gasteiger partial charge is 0.298 e. The van der Waals surface area contributed by atoms with Crippen molar-refractivity contribution in [3.05, 3.63) is 124 Å². The van der Waals surface area contributed by atoms with Crippen molar-refractivity contribution < 1.29 is 14.6 Å². The second kappa shape index (κ2) is 13.7. The summed E-state index contributed by atoms with van der Waals surface area (Å²) < 4.78 is 9.37. The molecular weight excluding hydrogens is 665 g/mol. The Morgan fingerprint density at radius 1 is 0.980 bits per heavy atom. The van der Waals surface area contributed by atoms with Crippen LogP contribution in [0.15, 0.2) is 108 Å². The lowest BCUT2D eigenvalue weighted by molar-refractivity contribution is -0.0220. The fourth-order valence-electron chi connectivity index (χ4n) is 7.11. The van der Waals surface area contributed by atoms with E-state index in [1.165, 1.54) is 15.9 Å². The molecule has 4 N–H and O–H groups in total. The largest absolute Gasteiger partial charge is 0.490 e. The molecule has 8 rings (SSSR count). The lowest BCUT2D eigenvalue weighted by Gasteiger charge is -2.38. The Bertz CT molecular complexity index is 2220. The molecule has 0 spiro atoms. The molecule has 260 valence electrons. The van der Waals surface area contributed by atoms with Crippen LogP contribution in [0.2, 0.25) is 0 Å². The van der Waals surface area contributed by atoms with Crippen LogP contribution in [0, 0.1) is 0 Å². The highest BCUT2D eigenvalue weighted by atomic mass is 32.1. The molecule has 0 aliphatic carbocycles. The normalized spacial score (nSPS) is 16.4.